The Morgan fingerprint density at radius 2 is 1.82 bits per heavy atom. The standard InChI is InChI=1S/C26H25N5O3/c1-16-7-6-10-19-24(16)18(14-29(19)2)15-30-20-11-12-22(27)28-25(20)31(26(30)34)21(13-23(32)33)17-8-4-3-5-9-17/h3-12,14,21H,13,15H2,1-2H3,(H2,27,28)(H,32,33). The zero-order valence-electron chi connectivity index (χ0n) is 19.0. The van der Waals surface area contributed by atoms with Crippen LogP contribution in [0.5, 0.6) is 0 Å². The van der Waals surface area contributed by atoms with E-state index < -0.39 is 12.0 Å². The van der Waals surface area contributed by atoms with E-state index in [0.29, 0.717) is 17.7 Å². The maximum absolute atomic E-state index is 13.9. The van der Waals surface area contributed by atoms with Crippen LogP contribution in [0.1, 0.15) is 29.2 Å². The van der Waals surface area contributed by atoms with Gasteiger partial charge < -0.3 is 15.4 Å². The Morgan fingerprint density at radius 1 is 1.06 bits per heavy atom. The monoisotopic (exact) mass is 455 g/mol. The highest BCUT2D eigenvalue weighted by Crippen LogP contribution is 2.28. The number of rotatable bonds is 6. The zero-order chi connectivity index (χ0) is 24.0. The van der Waals surface area contributed by atoms with Gasteiger partial charge in [-0.3, -0.25) is 13.9 Å². The molecule has 0 saturated heterocycles. The van der Waals surface area contributed by atoms with Gasteiger partial charge in [-0.1, -0.05) is 42.5 Å². The zero-order valence-corrected chi connectivity index (χ0v) is 19.0. The SMILES string of the molecule is Cc1cccc2c1c(Cn1c(=O)n(C(CC(=O)O)c3ccccc3)c3nc(N)ccc31)cn2C. The van der Waals surface area contributed by atoms with E-state index in [1.54, 1.807) is 16.7 Å². The van der Waals surface area contributed by atoms with Crippen LogP contribution in [-0.4, -0.2) is 29.8 Å². The van der Waals surface area contributed by atoms with Crippen LogP contribution in [0, 0.1) is 6.92 Å². The Labute approximate surface area is 195 Å². The lowest BCUT2D eigenvalue weighted by molar-refractivity contribution is -0.137. The third-order valence-electron chi connectivity index (χ3n) is 6.33. The Morgan fingerprint density at radius 3 is 2.56 bits per heavy atom. The second-order valence-corrected chi connectivity index (χ2v) is 8.58. The fourth-order valence-corrected chi connectivity index (χ4v) is 4.82. The van der Waals surface area contributed by atoms with Crippen molar-refractivity contribution in [2.24, 2.45) is 7.05 Å². The fourth-order valence-electron chi connectivity index (χ4n) is 4.82. The minimum absolute atomic E-state index is 0.257. The van der Waals surface area contributed by atoms with Crippen molar-refractivity contribution in [3.05, 3.63) is 94.0 Å². The highest BCUT2D eigenvalue weighted by molar-refractivity contribution is 5.87. The summed E-state index contributed by atoms with van der Waals surface area (Å²) in [4.78, 5) is 30.1. The molecule has 0 bridgehead atoms. The molecule has 8 heteroatoms. The van der Waals surface area contributed by atoms with Gasteiger partial charge >= 0.3 is 11.7 Å². The van der Waals surface area contributed by atoms with E-state index in [2.05, 4.69) is 28.6 Å². The third kappa shape index (κ3) is 3.53. The summed E-state index contributed by atoms with van der Waals surface area (Å²) in [5.74, 6) is -0.739. The Hall–Kier alpha value is -4.33. The molecule has 0 amide bonds. The van der Waals surface area contributed by atoms with Crippen LogP contribution in [0.4, 0.5) is 5.82 Å². The molecule has 0 spiro atoms. The lowest BCUT2D eigenvalue weighted by Gasteiger charge is -2.17. The molecule has 3 heterocycles. The van der Waals surface area contributed by atoms with Crippen LogP contribution < -0.4 is 11.4 Å². The molecule has 34 heavy (non-hydrogen) atoms. The number of aliphatic carboxylic acids is 1. The molecule has 0 saturated carbocycles. The van der Waals surface area contributed by atoms with Crippen molar-refractivity contribution in [3.63, 3.8) is 0 Å². The summed E-state index contributed by atoms with van der Waals surface area (Å²) >= 11 is 0. The fraction of sp³-hybridized carbons (Fsp3) is 0.192. The summed E-state index contributed by atoms with van der Waals surface area (Å²) in [6.07, 6.45) is 1.77. The van der Waals surface area contributed by atoms with Crippen molar-refractivity contribution in [3.8, 4) is 0 Å². The second kappa shape index (κ2) is 8.22. The number of nitrogen functional groups attached to an aromatic ring is 1. The van der Waals surface area contributed by atoms with Crippen LogP contribution in [0.3, 0.4) is 0 Å². The number of nitrogens with two attached hydrogens (primary N) is 1. The molecule has 0 aliphatic carbocycles. The molecule has 0 aliphatic heterocycles. The molecule has 0 fully saturated rings. The average Bonchev–Trinajstić information content (AvgIpc) is 3.27. The average molecular weight is 456 g/mol. The van der Waals surface area contributed by atoms with E-state index in [9.17, 15) is 14.7 Å². The van der Waals surface area contributed by atoms with Gasteiger partial charge in [0.2, 0.25) is 0 Å². The summed E-state index contributed by atoms with van der Waals surface area (Å²) in [6.45, 7) is 2.38. The van der Waals surface area contributed by atoms with E-state index in [1.165, 1.54) is 4.57 Å². The molecule has 3 aromatic heterocycles. The number of hydrogen-bond acceptors (Lipinski definition) is 4. The Bertz CT molecular complexity index is 1590. The van der Waals surface area contributed by atoms with E-state index in [-0.39, 0.29) is 17.9 Å². The predicted molar refractivity (Wildman–Crippen MR) is 132 cm³/mol. The summed E-state index contributed by atoms with van der Waals surface area (Å²) in [7, 11) is 1.98. The summed E-state index contributed by atoms with van der Waals surface area (Å²) in [5, 5.41) is 10.8. The van der Waals surface area contributed by atoms with Crippen molar-refractivity contribution in [2.75, 3.05) is 5.73 Å². The highest BCUT2D eigenvalue weighted by Gasteiger charge is 2.26. The van der Waals surface area contributed by atoms with Crippen molar-refractivity contribution in [1.82, 2.24) is 18.7 Å². The second-order valence-electron chi connectivity index (χ2n) is 8.58. The summed E-state index contributed by atoms with van der Waals surface area (Å²) in [6, 6.07) is 18.0. The Kier molecular flexibility index (Phi) is 5.20. The molecule has 1 unspecified atom stereocenters. The number of aryl methyl sites for hydroxylation is 2. The molecule has 2 aromatic carbocycles. The number of carboxylic acids is 1. The van der Waals surface area contributed by atoms with E-state index in [4.69, 9.17) is 5.73 Å². The van der Waals surface area contributed by atoms with Gasteiger partial charge in [0.1, 0.15) is 5.82 Å². The van der Waals surface area contributed by atoms with Crippen molar-refractivity contribution >= 4 is 33.9 Å². The van der Waals surface area contributed by atoms with Crippen LogP contribution in [0.15, 0.2) is 71.7 Å². The maximum Gasteiger partial charge on any atom is 0.331 e. The maximum atomic E-state index is 13.9. The summed E-state index contributed by atoms with van der Waals surface area (Å²) in [5.41, 5.74) is 10.6. The molecule has 1 atom stereocenters. The van der Waals surface area contributed by atoms with Gasteiger partial charge in [0.05, 0.1) is 24.5 Å². The van der Waals surface area contributed by atoms with Crippen molar-refractivity contribution < 1.29 is 9.90 Å². The number of carboxylic acid groups (broad SMARTS) is 1. The number of fused-ring (bicyclic) bond motifs is 2. The molecule has 8 nitrogen and oxygen atoms in total. The minimum Gasteiger partial charge on any atom is -0.481 e. The molecule has 5 aromatic rings. The van der Waals surface area contributed by atoms with Gasteiger partial charge in [-0.05, 0) is 41.8 Å². The first-order valence-corrected chi connectivity index (χ1v) is 11.0. The molecule has 0 radical (unpaired) electrons. The van der Waals surface area contributed by atoms with Crippen LogP contribution in [0.2, 0.25) is 0 Å². The normalized spacial score (nSPS) is 12.4. The quantitative estimate of drug-likeness (QED) is 0.406. The number of imidazole rings is 1. The first-order valence-electron chi connectivity index (χ1n) is 11.0. The van der Waals surface area contributed by atoms with Crippen LogP contribution >= 0.6 is 0 Å². The van der Waals surface area contributed by atoms with E-state index in [1.807, 2.05) is 49.6 Å². The number of aromatic nitrogens is 4. The number of pyridine rings is 1. The lowest BCUT2D eigenvalue weighted by Crippen LogP contribution is -2.29. The largest absolute Gasteiger partial charge is 0.481 e. The third-order valence-corrected chi connectivity index (χ3v) is 6.33. The highest BCUT2D eigenvalue weighted by atomic mass is 16.4. The number of anilines is 1. The van der Waals surface area contributed by atoms with Crippen molar-refractivity contribution in [2.45, 2.75) is 25.9 Å². The van der Waals surface area contributed by atoms with Gasteiger partial charge in [-0.25, -0.2) is 9.78 Å². The van der Waals surface area contributed by atoms with Crippen LogP contribution in [0.25, 0.3) is 22.1 Å². The first kappa shape index (κ1) is 21.5. The van der Waals surface area contributed by atoms with Crippen molar-refractivity contribution in [1.29, 1.82) is 0 Å². The number of nitrogens with zero attached hydrogens (tertiary/aromatic N) is 4. The molecule has 3 N–H and O–H groups in total. The van der Waals surface area contributed by atoms with Gasteiger partial charge in [-0.15, -0.1) is 0 Å². The van der Waals surface area contributed by atoms with Gasteiger partial charge in [0.25, 0.3) is 0 Å². The van der Waals surface area contributed by atoms with Gasteiger partial charge in [0.15, 0.2) is 5.65 Å². The number of benzene rings is 2. The van der Waals surface area contributed by atoms with Crippen LogP contribution in [-0.2, 0) is 18.4 Å². The summed E-state index contributed by atoms with van der Waals surface area (Å²) < 4.78 is 5.17. The van der Waals surface area contributed by atoms with Gasteiger partial charge in [-0.2, -0.15) is 0 Å². The Balaban J connectivity index is 1.75. The van der Waals surface area contributed by atoms with E-state index in [0.717, 1.165) is 27.6 Å². The first-order chi connectivity index (χ1) is 16.3. The molecule has 172 valence electrons. The topological polar surface area (TPSA) is 108 Å². The molecular formula is C26H25N5O3. The number of hydrogen-bond donors (Lipinski definition) is 2. The minimum atomic E-state index is -1.00. The predicted octanol–water partition coefficient (Wildman–Crippen LogP) is 3.69. The number of carbonyl (C=O) groups is 1. The van der Waals surface area contributed by atoms with Gasteiger partial charge in [0, 0.05) is 24.1 Å². The lowest BCUT2D eigenvalue weighted by atomic mass is 10.0. The molecular weight excluding hydrogens is 430 g/mol. The smallest absolute Gasteiger partial charge is 0.331 e. The molecule has 5 rings (SSSR count). The van der Waals surface area contributed by atoms with E-state index >= 15 is 0 Å². The molecule has 0 aliphatic rings.